The van der Waals surface area contributed by atoms with E-state index in [9.17, 15) is 9.90 Å². The predicted octanol–water partition coefficient (Wildman–Crippen LogP) is 1.32. The molecule has 1 rings (SSSR count). The Morgan fingerprint density at radius 3 is 2.47 bits per heavy atom. The van der Waals surface area contributed by atoms with Gasteiger partial charge in [0.2, 0.25) is 5.91 Å². The molecule has 0 saturated carbocycles. The molecule has 1 aromatic rings. The third-order valence-corrected chi connectivity index (χ3v) is 2.21. The molecule has 3 heteroatoms. The Balaban J connectivity index is 2.41. The standard InChI is InChI=1S/C12H17NO2/c1-9(2)11(14)12(15)13-8-10-6-4-3-5-7-10/h3-7,9,11,14H,8H2,1-2H3,(H,13,15). The molecule has 1 aromatic carbocycles. The predicted molar refractivity (Wildman–Crippen MR) is 59.1 cm³/mol. The van der Waals surface area contributed by atoms with E-state index in [1.165, 1.54) is 0 Å². The van der Waals surface area contributed by atoms with Crippen LogP contribution in [-0.2, 0) is 11.3 Å². The summed E-state index contributed by atoms with van der Waals surface area (Å²) in [5, 5.41) is 12.2. The number of amides is 1. The first-order valence-corrected chi connectivity index (χ1v) is 5.11. The van der Waals surface area contributed by atoms with Gasteiger partial charge >= 0.3 is 0 Å². The lowest BCUT2D eigenvalue weighted by Gasteiger charge is -2.14. The van der Waals surface area contributed by atoms with Crippen LogP contribution < -0.4 is 5.32 Å². The lowest BCUT2D eigenvalue weighted by molar-refractivity contribution is -0.131. The van der Waals surface area contributed by atoms with Crippen molar-refractivity contribution < 1.29 is 9.90 Å². The fourth-order valence-electron chi connectivity index (χ4n) is 1.19. The van der Waals surface area contributed by atoms with Gasteiger partial charge in [0.15, 0.2) is 0 Å². The molecule has 0 aliphatic carbocycles. The second-order valence-corrected chi connectivity index (χ2v) is 3.89. The Labute approximate surface area is 90.1 Å². The van der Waals surface area contributed by atoms with Crippen LogP contribution in [0.2, 0.25) is 0 Å². The topological polar surface area (TPSA) is 49.3 Å². The first kappa shape index (κ1) is 11.7. The van der Waals surface area contributed by atoms with Crippen LogP contribution in [0.3, 0.4) is 0 Å². The maximum Gasteiger partial charge on any atom is 0.249 e. The highest BCUT2D eigenvalue weighted by Crippen LogP contribution is 2.02. The number of nitrogens with one attached hydrogen (secondary N) is 1. The van der Waals surface area contributed by atoms with E-state index in [1.54, 1.807) is 0 Å². The molecule has 0 heterocycles. The first-order valence-electron chi connectivity index (χ1n) is 5.11. The van der Waals surface area contributed by atoms with Crippen LogP contribution in [0.4, 0.5) is 0 Å². The molecule has 0 aliphatic rings. The van der Waals surface area contributed by atoms with E-state index in [-0.39, 0.29) is 11.8 Å². The average Bonchev–Trinajstić information content (AvgIpc) is 2.26. The zero-order valence-corrected chi connectivity index (χ0v) is 9.10. The Kier molecular flexibility index (Phi) is 4.31. The van der Waals surface area contributed by atoms with Gasteiger partial charge in [-0.25, -0.2) is 0 Å². The molecule has 0 bridgehead atoms. The number of hydrogen-bond donors (Lipinski definition) is 2. The number of carbonyl (C=O) groups is 1. The van der Waals surface area contributed by atoms with Crippen molar-refractivity contribution >= 4 is 5.91 Å². The van der Waals surface area contributed by atoms with E-state index in [1.807, 2.05) is 44.2 Å². The summed E-state index contributed by atoms with van der Waals surface area (Å²) in [6.07, 6.45) is -0.922. The highest BCUT2D eigenvalue weighted by molar-refractivity contribution is 5.80. The molecular formula is C12H17NO2. The largest absolute Gasteiger partial charge is 0.383 e. The lowest BCUT2D eigenvalue weighted by atomic mass is 10.1. The minimum atomic E-state index is -0.922. The van der Waals surface area contributed by atoms with E-state index >= 15 is 0 Å². The van der Waals surface area contributed by atoms with E-state index in [0.717, 1.165) is 5.56 Å². The molecule has 0 aliphatic heterocycles. The van der Waals surface area contributed by atoms with E-state index in [2.05, 4.69) is 5.32 Å². The Hall–Kier alpha value is -1.35. The number of aliphatic hydroxyl groups is 1. The molecule has 82 valence electrons. The highest BCUT2D eigenvalue weighted by atomic mass is 16.3. The van der Waals surface area contributed by atoms with Crippen LogP contribution in [0.5, 0.6) is 0 Å². The van der Waals surface area contributed by atoms with E-state index in [0.29, 0.717) is 6.54 Å². The third-order valence-electron chi connectivity index (χ3n) is 2.21. The van der Waals surface area contributed by atoms with Gasteiger partial charge < -0.3 is 10.4 Å². The maximum absolute atomic E-state index is 11.4. The zero-order chi connectivity index (χ0) is 11.3. The lowest BCUT2D eigenvalue weighted by Crippen LogP contribution is -2.37. The maximum atomic E-state index is 11.4. The Morgan fingerprint density at radius 2 is 1.93 bits per heavy atom. The van der Waals surface area contributed by atoms with Crippen LogP contribution in [0.1, 0.15) is 19.4 Å². The van der Waals surface area contributed by atoms with Crippen LogP contribution in [0.15, 0.2) is 30.3 Å². The third kappa shape index (κ3) is 3.72. The molecule has 2 N–H and O–H groups in total. The van der Waals surface area contributed by atoms with Gasteiger partial charge in [-0.2, -0.15) is 0 Å². The molecule has 0 radical (unpaired) electrons. The molecule has 15 heavy (non-hydrogen) atoms. The second-order valence-electron chi connectivity index (χ2n) is 3.89. The molecule has 1 unspecified atom stereocenters. The first-order chi connectivity index (χ1) is 7.11. The summed E-state index contributed by atoms with van der Waals surface area (Å²) in [4.78, 5) is 11.4. The number of hydrogen-bond acceptors (Lipinski definition) is 2. The smallest absolute Gasteiger partial charge is 0.249 e. The number of aliphatic hydroxyl groups excluding tert-OH is 1. The minimum Gasteiger partial charge on any atom is -0.383 e. The molecule has 0 aromatic heterocycles. The summed E-state index contributed by atoms with van der Waals surface area (Å²) in [6.45, 7) is 4.09. The summed E-state index contributed by atoms with van der Waals surface area (Å²) in [5.74, 6) is -0.366. The normalized spacial score (nSPS) is 12.5. The summed E-state index contributed by atoms with van der Waals surface area (Å²) in [6, 6.07) is 9.62. The van der Waals surface area contributed by atoms with Gasteiger partial charge in [-0.15, -0.1) is 0 Å². The van der Waals surface area contributed by atoms with Gasteiger partial charge in [0.25, 0.3) is 0 Å². The van der Waals surface area contributed by atoms with Crippen LogP contribution in [0, 0.1) is 5.92 Å². The Morgan fingerprint density at radius 1 is 1.33 bits per heavy atom. The summed E-state index contributed by atoms with van der Waals surface area (Å²) in [7, 11) is 0. The fraction of sp³-hybridized carbons (Fsp3) is 0.417. The average molecular weight is 207 g/mol. The van der Waals surface area contributed by atoms with Gasteiger partial charge in [0.05, 0.1) is 0 Å². The molecular weight excluding hydrogens is 190 g/mol. The summed E-state index contributed by atoms with van der Waals surface area (Å²) in [5.41, 5.74) is 1.03. The fourth-order valence-corrected chi connectivity index (χ4v) is 1.19. The van der Waals surface area contributed by atoms with Gasteiger partial charge in [0, 0.05) is 6.54 Å². The Bertz CT molecular complexity index is 309. The SMILES string of the molecule is CC(C)C(O)C(=O)NCc1ccccc1. The van der Waals surface area contributed by atoms with Crippen LogP contribution in [0.25, 0.3) is 0 Å². The molecule has 3 nitrogen and oxygen atoms in total. The van der Waals surface area contributed by atoms with Crippen molar-refractivity contribution in [1.82, 2.24) is 5.32 Å². The van der Waals surface area contributed by atoms with E-state index < -0.39 is 6.10 Å². The summed E-state index contributed by atoms with van der Waals surface area (Å²) < 4.78 is 0. The van der Waals surface area contributed by atoms with Gasteiger partial charge in [0.1, 0.15) is 6.10 Å². The van der Waals surface area contributed by atoms with Crippen molar-refractivity contribution in [3.05, 3.63) is 35.9 Å². The molecule has 1 amide bonds. The zero-order valence-electron chi connectivity index (χ0n) is 9.10. The molecule has 0 spiro atoms. The van der Waals surface area contributed by atoms with E-state index in [4.69, 9.17) is 0 Å². The summed E-state index contributed by atoms with van der Waals surface area (Å²) >= 11 is 0. The number of rotatable bonds is 4. The quantitative estimate of drug-likeness (QED) is 0.782. The van der Waals surface area contributed by atoms with Crippen molar-refractivity contribution in [1.29, 1.82) is 0 Å². The van der Waals surface area contributed by atoms with Crippen LogP contribution >= 0.6 is 0 Å². The van der Waals surface area contributed by atoms with Gasteiger partial charge in [-0.1, -0.05) is 44.2 Å². The minimum absolute atomic E-state index is 0.0548. The van der Waals surface area contributed by atoms with Crippen molar-refractivity contribution in [2.45, 2.75) is 26.5 Å². The molecule has 0 fully saturated rings. The highest BCUT2D eigenvalue weighted by Gasteiger charge is 2.17. The van der Waals surface area contributed by atoms with Crippen molar-refractivity contribution in [3.63, 3.8) is 0 Å². The molecule has 0 saturated heterocycles. The number of benzene rings is 1. The van der Waals surface area contributed by atoms with Crippen molar-refractivity contribution in [2.75, 3.05) is 0 Å². The van der Waals surface area contributed by atoms with Crippen molar-refractivity contribution in [2.24, 2.45) is 5.92 Å². The van der Waals surface area contributed by atoms with Gasteiger partial charge in [-0.3, -0.25) is 4.79 Å². The van der Waals surface area contributed by atoms with Crippen molar-refractivity contribution in [3.8, 4) is 0 Å². The molecule has 1 atom stereocenters. The van der Waals surface area contributed by atoms with Gasteiger partial charge in [-0.05, 0) is 11.5 Å². The second kappa shape index (κ2) is 5.51. The monoisotopic (exact) mass is 207 g/mol. The van der Waals surface area contributed by atoms with Crippen LogP contribution in [-0.4, -0.2) is 17.1 Å². The number of carbonyl (C=O) groups excluding carboxylic acids is 1.